The Labute approximate surface area is 155 Å². The van der Waals surface area contributed by atoms with E-state index in [1.165, 1.54) is 14.2 Å². The number of piperidine rings is 1. The number of hydrogen-bond donors (Lipinski definition) is 3. The van der Waals surface area contributed by atoms with Gasteiger partial charge in [-0.05, 0) is 24.1 Å². The maximum absolute atomic E-state index is 12.2. The molecule has 0 aromatic heterocycles. The molecular formula is C18H22N2O7. The molecule has 2 fully saturated rings. The summed E-state index contributed by atoms with van der Waals surface area (Å²) in [7, 11) is 3.06. The number of amides is 1. The third-order valence-corrected chi connectivity index (χ3v) is 5.51. The number of hydrogen-bond acceptors (Lipinski definition) is 6. The lowest BCUT2D eigenvalue weighted by Gasteiger charge is -2.19. The number of nitrogens with one attached hydrogen (secondary N) is 1. The summed E-state index contributed by atoms with van der Waals surface area (Å²) in [5, 5.41) is 21.6. The standard InChI is InChI=1S/C18H22N2O7/c1-26-12-4-3-11(5-13(12)27-2)6-19-14(21)7-20-9-17(15(22)23)8-18(17,10-20)16(24)25/h3-5H,6-10H2,1-2H3,(H,19,21)(H,22,23)(H,24,25)/t17-,18+. The predicted molar refractivity (Wildman–Crippen MR) is 92.6 cm³/mol. The van der Waals surface area contributed by atoms with Crippen LogP contribution in [0.15, 0.2) is 18.2 Å². The lowest BCUT2D eigenvalue weighted by Crippen LogP contribution is -2.38. The van der Waals surface area contributed by atoms with E-state index in [4.69, 9.17) is 9.47 Å². The number of rotatable bonds is 8. The molecule has 0 unspecified atom stereocenters. The van der Waals surface area contributed by atoms with Crippen molar-refractivity contribution in [1.29, 1.82) is 0 Å². The second kappa shape index (κ2) is 6.73. The van der Waals surface area contributed by atoms with Gasteiger partial charge >= 0.3 is 11.9 Å². The maximum Gasteiger partial charge on any atom is 0.312 e. The summed E-state index contributed by atoms with van der Waals surface area (Å²) in [6, 6.07) is 5.29. The average molecular weight is 378 g/mol. The van der Waals surface area contributed by atoms with Crippen LogP contribution in [0.5, 0.6) is 11.5 Å². The average Bonchev–Trinajstić information content (AvgIpc) is 3.18. The van der Waals surface area contributed by atoms with Gasteiger partial charge in [-0.3, -0.25) is 19.3 Å². The minimum Gasteiger partial charge on any atom is -0.493 e. The van der Waals surface area contributed by atoms with E-state index >= 15 is 0 Å². The van der Waals surface area contributed by atoms with Crippen LogP contribution in [0.3, 0.4) is 0 Å². The smallest absolute Gasteiger partial charge is 0.312 e. The van der Waals surface area contributed by atoms with Crippen molar-refractivity contribution in [3.63, 3.8) is 0 Å². The van der Waals surface area contributed by atoms with Gasteiger partial charge in [0.05, 0.1) is 31.6 Å². The Kier molecular flexibility index (Phi) is 4.73. The molecule has 1 heterocycles. The molecule has 146 valence electrons. The molecule has 2 aliphatic rings. The molecule has 1 aromatic rings. The highest BCUT2D eigenvalue weighted by atomic mass is 16.5. The van der Waals surface area contributed by atoms with E-state index in [9.17, 15) is 24.6 Å². The normalized spacial score (nSPS) is 26.1. The third-order valence-electron chi connectivity index (χ3n) is 5.51. The Hall–Kier alpha value is -2.81. The van der Waals surface area contributed by atoms with Crippen molar-refractivity contribution in [2.45, 2.75) is 13.0 Å². The van der Waals surface area contributed by atoms with Crippen molar-refractivity contribution in [2.24, 2.45) is 10.8 Å². The summed E-state index contributed by atoms with van der Waals surface area (Å²) in [6.45, 7) is 0.356. The van der Waals surface area contributed by atoms with Gasteiger partial charge in [-0.15, -0.1) is 0 Å². The van der Waals surface area contributed by atoms with Crippen molar-refractivity contribution < 1.29 is 34.1 Å². The summed E-state index contributed by atoms with van der Waals surface area (Å²) in [4.78, 5) is 36.8. The maximum atomic E-state index is 12.2. The molecule has 1 aromatic carbocycles. The third kappa shape index (κ3) is 3.08. The van der Waals surface area contributed by atoms with Gasteiger partial charge in [-0.25, -0.2) is 0 Å². The first-order valence-electron chi connectivity index (χ1n) is 8.45. The van der Waals surface area contributed by atoms with Crippen LogP contribution in [0.4, 0.5) is 0 Å². The van der Waals surface area contributed by atoms with Crippen LogP contribution in [0, 0.1) is 10.8 Å². The Morgan fingerprint density at radius 2 is 1.67 bits per heavy atom. The first-order valence-corrected chi connectivity index (χ1v) is 8.45. The number of methoxy groups -OCH3 is 2. The molecule has 1 amide bonds. The minimum absolute atomic E-state index is 0.0443. The Bertz CT molecular complexity index is 768. The van der Waals surface area contributed by atoms with E-state index in [1.54, 1.807) is 23.1 Å². The number of nitrogens with zero attached hydrogens (tertiary/aromatic N) is 1. The van der Waals surface area contributed by atoms with Crippen LogP contribution in [-0.2, 0) is 20.9 Å². The largest absolute Gasteiger partial charge is 0.493 e. The van der Waals surface area contributed by atoms with Gasteiger partial charge in [0, 0.05) is 19.6 Å². The molecule has 9 heteroatoms. The molecule has 1 saturated heterocycles. The zero-order valence-corrected chi connectivity index (χ0v) is 15.2. The Balaban J connectivity index is 1.57. The zero-order chi connectivity index (χ0) is 19.8. The topological polar surface area (TPSA) is 125 Å². The van der Waals surface area contributed by atoms with E-state index in [1.807, 2.05) is 0 Å². The minimum atomic E-state index is -1.28. The highest BCUT2D eigenvalue weighted by Gasteiger charge is 2.80. The molecule has 3 N–H and O–H groups in total. The van der Waals surface area contributed by atoms with Crippen LogP contribution in [-0.4, -0.2) is 66.8 Å². The number of carbonyl (C=O) groups excluding carboxylic acids is 1. The van der Waals surface area contributed by atoms with E-state index in [0.717, 1.165) is 5.56 Å². The lowest BCUT2D eigenvalue weighted by atomic mass is 9.97. The van der Waals surface area contributed by atoms with Crippen LogP contribution in [0.1, 0.15) is 12.0 Å². The van der Waals surface area contributed by atoms with Gasteiger partial charge in [0.15, 0.2) is 11.5 Å². The summed E-state index contributed by atoms with van der Waals surface area (Å²) in [6.07, 6.45) is 0.119. The molecule has 1 saturated carbocycles. The Morgan fingerprint density at radius 3 is 2.19 bits per heavy atom. The molecule has 0 spiro atoms. The van der Waals surface area contributed by atoms with E-state index in [-0.39, 0.29) is 38.5 Å². The first kappa shape index (κ1) is 19.0. The molecule has 1 aliphatic carbocycles. The number of aliphatic carboxylic acids is 2. The predicted octanol–water partition coefficient (Wildman–Crippen LogP) is 0.181. The van der Waals surface area contributed by atoms with E-state index in [0.29, 0.717) is 11.5 Å². The summed E-state index contributed by atoms with van der Waals surface area (Å²) >= 11 is 0. The van der Waals surface area contributed by atoms with Gasteiger partial charge in [0.25, 0.3) is 0 Å². The zero-order valence-electron chi connectivity index (χ0n) is 15.2. The van der Waals surface area contributed by atoms with Gasteiger partial charge < -0.3 is 25.0 Å². The van der Waals surface area contributed by atoms with Crippen LogP contribution in [0.25, 0.3) is 0 Å². The van der Waals surface area contributed by atoms with Crippen LogP contribution < -0.4 is 14.8 Å². The van der Waals surface area contributed by atoms with Gasteiger partial charge in [-0.1, -0.05) is 6.07 Å². The van der Waals surface area contributed by atoms with Crippen molar-refractivity contribution in [3.05, 3.63) is 23.8 Å². The quantitative estimate of drug-likeness (QED) is 0.585. The van der Waals surface area contributed by atoms with Crippen molar-refractivity contribution in [1.82, 2.24) is 10.2 Å². The molecule has 0 bridgehead atoms. The monoisotopic (exact) mass is 378 g/mol. The number of carbonyl (C=O) groups is 3. The lowest BCUT2D eigenvalue weighted by molar-refractivity contribution is -0.151. The molecule has 1 aliphatic heterocycles. The van der Waals surface area contributed by atoms with Gasteiger partial charge in [-0.2, -0.15) is 0 Å². The second-order valence-electron chi connectivity index (χ2n) is 7.06. The number of carboxylic acid groups (broad SMARTS) is 2. The van der Waals surface area contributed by atoms with E-state index < -0.39 is 22.8 Å². The molecule has 0 radical (unpaired) electrons. The summed E-state index contributed by atoms with van der Waals surface area (Å²) in [5.74, 6) is -1.39. The fourth-order valence-corrected chi connectivity index (χ4v) is 3.96. The highest BCUT2D eigenvalue weighted by Crippen LogP contribution is 2.68. The van der Waals surface area contributed by atoms with Crippen molar-refractivity contribution >= 4 is 17.8 Å². The first-order chi connectivity index (χ1) is 12.8. The number of ether oxygens (including phenoxy) is 2. The number of carboxylic acids is 2. The van der Waals surface area contributed by atoms with Crippen LogP contribution >= 0.6 is 0 Å². The Morgan fingerprint density at radius 1 is 1.07 bits per heavy atom. The second-order valence-corrected chi connectivity index (χ2v) is 7.06. The van der Waals surface area contributed by atoms with Crippen molar-refractivity contribution in [3.8, 4) is 11.5 Å². The SMILES string of the molecule is COc1ccc(CNC(=O)CN2C[C@@]3(C(=O)O)C[C@@]3(C(=O)O)C2)cc1OC. The molecule has 27 heavy (non-hydrogen) atoms. The van der Waals surface area contributed by atoms with Crippen LogP contribution in [0.2, 0.25) is 0 Å². The fraction of sp³-hybridized carbons (Fsp3) is 0.500. The highest BCUT2D eigenvalue weighted by molar-refractivity contribution is 5.94. The van der Waals surface area contributed by atoms with E-state index in [2.05, 4.69) is 5.32 Å². The molecule has 9 nitrogen and oxygen atoms in total. The molecular weight excluding hydrogens is 356 g/mol. The number of fused-ring (bicyclic) bond motifs is 1. The molecule has 2 atom stereocenters. The fourth-order valence-electron chi connectivity index (χ4n) is 3.96. The number of benzene rings is 1. The molecule has 3 rings (SSSR count). The van der Waals surface area contributed by atoms with Gasteiger partial charge in [0.1, 0.15) is 0 Å². The number of likely N-dealkylation sites (tertiary alicyclic amines) is 1. The van der Waals surface area contributed by atoms with Crippen molar-refractivity contribution in [2.75, 3.05) is 33.9 Å². The van der Waals surface area contributed by atoms with Gasteiger partial charge in [0.2, 0.25) is 5.91 Å². The summed E-state index contributed by atoms with van der Waals surface area (Å²) in [5.41, 5.74) is -1.74. The summed E-state index contributed by atoms with van der Waals surface area (Å²) < 4.78 is 10.4.